The van der Waals surface area contributed by atoms with Gasteiger partial charge in [-0.2, -0.15) is 0 Å². The zero-order valence-electron chi connectivity index (χ0n) is 13.9. The Morgan fingerprint density at radius 3 is 2.84 bits per heavy atom. The Morgan fingerprint density at radius 2 is 2.08 bits per heavy atom. The van der Waals surface area contributed by atoms with E-state index >= 15 is 0 Å². The van der Waals surface area contributed by atoms with Crippen LogP contribution < -0.4 is 20.5 Å². The first-order valence-corrected chi connectivity index (χ1v) is 9.23. The molecule has 5 unspecified atom stereocenters. The lowest BCUT2D eigenvalue weighted by Crippen LogP contribution is -2.46. The molecule has 2 aliphatic carbocycles. The Balaban J connectivity index is 1.40. The highest BCUT2D eigenvalue weighted by Gasteiger charge is 2.49. The van der Waals surface area contributed by atoms with Gasteiger partial charge in [-0.15, -0.1) is 0 Å². The minimum atomic E-state index is -0.868. The lowest BCUT2D eigenvalue weighted by atomic mass is 9.84. The first-order chi connectivity index (χ1) is 12.0. The van der Waals surface area contributed by atoms with E-state index in [1.165, 1.54) is 0 Å². The summed E-state index contributed by atoms with van der Waals surface area (Å²) in [6.45, 7) is 1.02. The second-order valence-corrected chi connectivity index (χ2v) is 7.63. The van der Waals surface area contributed by atoms with Crippen molar-refractivity contribution in [1.29, 1.82) is 0 Å². The van der Waals surface area contributed by atoms with Crippen LogP contribution in [0, 0.1) is 17.8 Å². The molecule has 2 fully saturated rings. The van der Waals surface area contributed by atoms with Gasteiger partial charge in [0.05, 0.1) is 17.0 Å². The van der Waals surface area contributed by atoms with E-state index < -0.39 is 6.10 Å². The molecule has 0 aromatic heterocycles. The quantitative estimate of drug-likeness (QED) is 0.753. The molecule has 0 spiro atoms. The van der Waals surface area contributed by atoms with Gasteiger partial charge in [-0.1, -0.05) is 11.6 Å². The topological polar surface area (TPSA) is 93.8 Å². The van der Waals surface area contributed by atoms with E-state index in [4.69, 9.17) is 26.8 Å². The molecule has 3 aliphatic rings. The highest BCUT2D eigenvalue weighted by molar-refractivity contribution is 6.32. The third-order valence-electron chi connectivity index (χ3n) is 5.76. The molecule has 1 aromatic carbocycles. The molecule has 6 nitrogen and oxygen atoms in total. The Bertz CT molecular complexity index is 681. The van der Waals surface area contributed by atoms with Crippen molar-refractivity contribution >= 4 is 17.5 Å². The van der Waals surface area contributed by atoms with Crippen molar-refractivity contribution in [2.45, 2.75) is 31.4 Å². The second-order valence-electron chi connectivity index (χ2n) is 7.22. The van der Waals surface area contributed by atoms with Crippen molar-refractivity contribution in [2.75, 3.05) is 19.8 Å². The van der Waals surface area contributed by atoms with Crippen LogP contribution >= 0.6 is 11.6 Å². The van der Waals surface area contributed by atoms with Gasteiger partial charge in [0.2, 0.25) is 5.91 Å². The average Bonchev–Trinajstić information content (AvgIpc) is 3.20. The van der Waals surface area contributed by atoms with E-state index in [-0.39, 0.29) is 24.4 Å². The Kier molecular flexibility index (Phi) is 4.52. The molecular formula is C18H23ClN2O4. The number of hydrogen-bond donors (Lipinski definition) is 3. The number of nitrogens with two attached hydrogens (primary N) is 1. The number of ether oxygens (including phenoxy) is 2. The van der Waals surface area contributed by atoms with Crippen molar-refractivity contribution in [2.24, 2.45) is 23.5 Å². The molecule has 0 saturated heterocycles. The molecular weight excluding hydrogens is 344 g/mol. The number of carbonyl (C=O) groups is 1. The second kappa shape index (κ2) is 6.67. The molecule has 1 aliphatic heterocycles. The normalized spacial score (nSPS) is 31.0. The van der Waals surface area contributed by atoms with Gasteiger partial charge in [-0.05, 0) is 48.8 Å². The van der Waals surface area contributed by atoms with Crippen LogP contribution in [0.4, 0.5) is 0 Å². The van der Waals surface area contributed by atoms with Crippen LogP contribution in [0.25, 0.3) is 0 Å². The van der Waals surface area contributed by atoms with Crippen LogP contribution in [0.3, 0.4) is 0 Å². The number of halogens is 1. The van der Waals surface area contributed by atoms with Crippen molar-refractivity contribution in [3.63, 3.8) is 0 Å². The summed E-state index contributed by atoms with van der Waals surface area (Å²) >= 11 is 6.20. The van der Waals surface area contributed by atoms with Crippen molar-refractivity contribution in [3.8, 4) is 11.5 Å². The minimum absolute atomic E-state index is 0.0533. The Labute approximate surface area is 151 Å². The smallest absolute Gasteiger partial charge is 0.225 e. The fraction of sp³-hybridized carbons (Fsp3) is 0.611. The fourth-order valence-corrected chi connectivity index (χ4v) is 4.75. The summed E-state index contributed by atoms with van der Waals surface area (Å²) in [6, 6.07) is 3.30. The number of rotatable bonds is 4. The average molecular weight is 367 g/mol. The Morgan fingerprint density at radius 1 is 1.32 bits per heavy atom. The number of nitrogens with one attached hydrogen (secondary N) is 1. The number of amides is 1. The molecule has 136 valence electrons. The molecule has 1 amide bonds. The van der Waals surface area contributed by atoms with Crippen molar-refractivity contribution in [1.82, 2.24) is 5.32 Å². The summed E-state index contributed by atoms with van der Waals surface area (Å²) < 4.78 is 11.0. The molecule has 2 saturated carbocycles. The van der Waals surface area contributed by atoms with Gasteiger partial charge < -0.3 is 25.6 Å². The van der Waals surface area contributed by atoms with Gasteiger partial charge in [0.25, 0.3) is 0 Å². The van der Waals surface area contributed by atoms with Crippen LogP contribution in [0.5, 0.6) is 11.5 Å². The summed E-state index contributed by atoms with van der Waals surface area (Å²) in [7, 11) is 0. The summed E-state index contributed by atoms with van der Waals surface area (Å²) in [5.41, 5.74) is 6.80. The zero-order chi connectivity index (χ0) is 17.6. The van der Waals surface area contributed by atoms with Crippen molar-refractivity contribution in [3.05, 3.63) is 22.7 Å². The third-order valence-corrected chi connectivity index (χ3v) is 6.04. The van der Waals surface area contributed by atoms with E-state index in [0.29, 0.717) is 47.1 Å². The maximum Gasteiger partial charge on any atom is 0.225 e. The van der Waals surface area contributed by atoms with Gasteiger partial charge >= 0.3 is 0 Å². The number of aliphatic hydroxyl groups excluding tert-OH is 1. The maximum absolute atomic E-state index is 12.5. The SMILES string of the molecule is NC1C2CCC(C2)C1C(=O)NCC(O)c1cc(Cl)c2c(c1)OCCO2. The van der Waals surface area contributed by atoms with Crippen LogP contribution in [0.1, 0.15) is 30.9 Å². The molecule has 5 atom stereocenters. The van der Waals surface area contributed by atoms with Gasteiger partial charge in [0, 0.05) is 12.6 Å². The highest BCUT2D eigenvalue weighted by atomic mass is 35.5. The van der Waals surface area contributed by atoms with Gasteiger partial charge in [0.15, 0.2) is 11.5 Å². The van der Waals surface area contributed by atoms with E-state index in [1.807, 2.05) is 0 Å². The molecule has 4 rings (SSSR count). The molecule has 7 heteroatoms. The predicted molar refractivity (Wildman–Crippen MR) is 92.7 cm³/mol. The van der Waals surface area contributed by atoms with Gasteiger partial charge in [-0.25, -0.2) is 0 Å². The van der Waals surface area contributed by atoms with E-state index in [1.54, 1.807) is 12.1 Å². The van der Waals surface area contributed by atoms with E-state index in [9.17, 15) is 9.90 Å². The van der Waals surface area contributed by atoms with E-state index in [2.05, 4.69) is 5.32 Å². The first kappa shape index (κ1) is 16.9. The highest BCUT2D eigenvalue weighted by Crippen LogP contribution is 2.47. The number of benzene rings is 1. The number of fused-ring (bicyclic) bond motifs is 3. The molecule has 2 bridgehead atoms. The molecule has 0 radical (unpaired) electrons. The number of aliphatic hydroxyl groups is 1. The largest absolute Gasteiger partial charge is 0.486 e. The monoisotopic (exact) mass is 366 g/mol. The number of carbonyl (C=O) groups excluding carboxylic acids is 1. The lowest BCUT2D eigenvalue weighted by Gasteiger charge is -2.27. The summed E-state index contributed by atoms with van der Waals surface area (Å²) in [6.07, 6.45) is 2.40. The summed E-state index contributed by atoms with van der Waals surface area (Å²) in [5, 5.41) is 13.7. The van der Waals surface area contributed by atoms with Gasteiger partial charge in [0.1, 0.15) is 13.2 Å². The van der Waals surface area contributed by atoms with Crippen LogP contribution in [-0.4, -0.2) is 36.8 Å². The molecule has 4 N–H and O–H groups in total. The summed E-state index contributed by atoms with van der Waals surface area (Å²) in [4.78, 5) is 12.5. The molecule has 25 heavy (non-hydrogen) atoms. The first-order valence-electron chi connectivity index (χ1n) is 8.85. The standard InChI is InChI=1S/C18H23ClN2O4/c19-12-6-11(7-14-17(12)25-4-3-24-14)13(22)8-21-18(23)15-9-1-2-10(5-9)16(15)20/h6-7,9-10,13,15-16,22H,1-5,8,20H2,(H,21,23). The maximum atomic E-state index is 12.5. The third kappa shape index (κ3) is 3.07. The molecule has 1 aromatic rings. The van der Waals surface area contributed by atoms with Gasteiger partial charge in [-0.3, -0.25) is 4.79 Å². The number of hydrogen-bond acceptors (Lipinski definition) is 5. The Hall–Kier alpha value is -1.50. The van der Waals surface area contributed by atoms with Crippen LogP contribution in [-0.2, 0) is 4.79 Å². The predicted octanol–water partition coefficient (Wildman–Crippen LogP) is 1.63. The zero-order valence-corrected chi connectivity index (χ0v) is 14.7. The minimum Gasteiger partial charge on any atom is -0.486 e. The van der Waals surface area contributed by atoms with E-state index in [0.717, 1.165) is 19.3 Å². The van der Waals surface area contributed by atoms with Crippen LogP contribution in [0.15, 0.2) is 12.1 Å². The molecule has 1 heterocycles. The summed E-state index contributed by atoms with van der Waals surface area (Å²) in [5.74, 6) is 1.70. The lowest BCUT2D eigenvalue weighted by molar-refractivity contribution is -0.127. The fourth-order valence-electron chi connectivity index (χ4n) is 4.48. The van der Waals surface area contributed by atoms with Crippen molar-refractivity contribution < 1.29 is 19.4 Å². The van der Waals surface area contributed by atoms with Crippen LogP contribution in [0.2, 0.25) is 5.02 Å².